The SMILES string of the molecule is CC(C)c1cc(NN2CCOCC2)nnc1C(=O)NC1C2CC3CC(C2)CC1C3. The van der Waals surface area contributed by atoms with E-state index in [0.717, 1.165) is 30.5 Å². The molecule has 1 aromatic rings. The minimum absolute atomic E-state index is 0.0448. The number of morpholine rings is 1. The van der Waals surface area contributed by atoms with E-state index in [2.05, 4.69) is 39.8 Å². The van der Waals surface area contributed by atoms with Crippen molar-refractivity contribution in [1.29, 1.82) is 0 Å². The third-order valence-electron chi connectivity index (χ3n) is 7.47. The standard InChI is InChI=1S/C22H33N5O2/c1-13(2)18-12-19(26-27-3-5-29-6-4-27)24-25-21(18)22(28)23-20-16-8-14-7-15(10-16)11-17(20)9-14/h12-17,20H,3-11H2,1-2H3,(H,23,28)(H,24,26). The molecular formula is C22H33N5O2. The molecule has 6 rings (SSSR count). The molecule has 0 aromatic carbocycles. The Kier molecular flexibility index (Phi) is 5.20. The molecule has 1 saturated heterocycles. The van der Waals surface area contributed by atoms with Gasteiger partial charge < -0.3 is 15.5 Å². The lowest BCUT2D eigenvalue weighted by Crippen LogP contribution is -2.56. The van der Waals surface area contributed by atoms with E-state index in [4.69, 9.17) is 4.74 Å². The average Bonchev–Trinajstić information content (AvgIpc) is 2.70. The molecule has 5 fully saturated rings. The Hall–Kier alpha value is -1.73. The number of anilines is 1. The van der Waals surface area contributed by atoms with E-state index < -0.39 is 0 Å². The van der Waals surface area contributed by atoms with Crippen LogP contribution in [0.15, 0.2) is 6.07 Å². The second-order valence-electron chi connectivity index (χ2n) is 9.83. The summed E-state index contributed by atoms with van der Waals surface area (Å²) in [5.41, 5.74) is 4.76. The first-order valence-corrected chi connectivity index (χ1v) is 11.3. The molecule has 4 saturated carbocycles. The van der Waals surface area contributed by atoms with Crippen molar-refractivity contribution in [2.24, 2.45) is 23.7 Å². The lowest BCUT2D eigenvalue weighted by molar-refractivity contribution is -0.0120. The van der Waals surface area contributed by atoms with Gasteiger partial charge in [0.15, 0.2) is 11.5 Å². The van der Waals surface area contributed by atoms with Crippen molar-refractivity contribution in [3.05, 3.63) is 17.3 Å². The molecule has 0 unspecified atom stereocenters. The first-order valence-electron chi connectivity index (χ1n) is 11.3. The van der Waals surface area contributed by atoms with Crippen LogP contribution in [0.2, 0.25) is 0 Å². The lowest BCUT2D eigenvalue weighted by atomic mass is 9.54. The Balaban J connectivity index is 1.31. The van der Waals surface area contributed by atoms with Crippen LogP contribution in [0.1, 0.15) is 67.9 Å². The molecular weight excluding hydrogens is 366 g/mol. The number of amides is 1. The van der Waals surface area contributed by atoms with Crippen molar-refractivity contribution >= 4 is 11.7 Å². The maximum Gasteiger partial charge on any atom is 0.272 e. The van der Waals surface area contributed by atoms with Gasteiger partial charge in [0.25, 0.3) is 5.91 Å². The van der Waals surface area contributed by atoms with Gasteiger partial charge >= 0.3 is 0 Å². The van der Waals surface area contributed by atoms with Gasteiger partial charge in [0.05, 0.1) is 13.2 Å². The van der Waals surface area contributed by atoms with Gasteiger partial charge in [-0.1, -0.05) is 13.8 Å². The minimum atomic E-state index is -0.0448. The van der Waals surface area contributed by atoms with Crippen molar-refractivity contribution < 1.29 is 9.53 Å². The molecule has 29 heavy (non-hydrogen) atoms. The molecule has 0 radical (unpaired) electrons. The van der Waals surface area contributed by atoms with Gasteiger partial charge in [0.1, 0.15) is 0 Å². The monoisotopic (exact) mass is 399 g/mol. The van der Waals surface area contributed by atoms with Gasteiger partial charge in [-0.15, -0.1) is 10.2 Å². The molecule has 1 aliphatic heterocycles. The van der Waals surface area contributed by atoms with Gasteiger partial charge in [0, 0.05) is 19.1 Å². The number of hydrazine groups is 1. The summed E-state index contributed by atoms with van der Waals surface area (Å²) >= 11 is 0. The van der Waals surface area contributed by atoms with Crippen molar-refractivity contribution in [1.82, 2.24) is 20.5 Å². The van der Waals surface area contributed by atoms with E-state index in [-0.39, 0.29) is 11.8 Å². The van der Waals surface area contributed by atoms with Gasteiger partial charge in [-0.3, -0.25) is 4.79 Å². The number of carbonyl (C=O) groups excluding carboxylic acids is 1. The molecule has 7 heteroatoms. The Labute approximate surface area is 172 Å². The smallest absolute Gasteiger partial charge is 0.272 e. The lowest BCUT2D eigenvalue weighted by Gasteiger charge is -2.54. The number of hydrogen-bond acceptors (Lipinski definition) is 6. The number of carbonyl (C=O) groups is 1. The van der Waals surface area contributed by atoms with Gasteiger partial charge in [-0.25, -0.2) is 5.01 Å². The Bertz CT molecular complexity index is 734. The van der Waals surface area contributed by atoms with Gasteiger partial charge in [-0.2, -0.15) is 0 Å². The molecule has 1 aromatic heterocycles. The second-order valence-corrected chi connectivity index (χ2v) is 9.83. The van der Waals surface area contributed by atoms with Crippen molar-refractivity contribution in [2.75, 3.05) is 31.7 Å². The zero-order valence-corrected chi connectivity index (χ0v) is 17.6. The van der Waals surface area contributed by atoms with Crippen molar-refractivity contribution in [3.8, 4) is 0 Å². The predicted octanol–water partition coefficient (Wildman–Crippen LogP) is 2.81. The third kappa shape index (κ3) is 3.87. The van der Waals surface area contributed by atoms with Gasteiger partial charge in [-0.05, 0) is 73.3 Å². The summed E-state index contributed by atoms with van der Waals surface area (Å²) in [6.45, 7) is 7.26. The number of rotatable bonds is 5. The van der Waals surface area contributed by atoms with Crippen LogP contribution in [0.5, 0.6) is 0 Å². The molecule has 1 amide bonds. The number of ether oxygens (including phenoxy) is 1. The van der Waals surface area contributed by atoms with Crippen LogP contribution in [0.25, 0.3) is 0 Å². The summed E-state index contributed by atoms with van der Waals surface area (Å²) in [4.78, 5) is 13.2. The van der Waals surface area contributed by atoms with E-state index in [0.29, 0.717) is 42.6 Å². The van der Waals surface area contributed by atoms with E-state index in [1.54, 1.807) is 0 Å². The van der Waals surface area contributed by atoms with Crippen molar-refractivity contribution in [2.45, 2.75) is 57.9 Å². The molecule has 4 aliphatic carbocycles. The second kappa shape index (κ2) is 7.84. The summed E-state index contributed by atoms with van der Waals surface area (Å²) in [5, 5.41) is 14.2. The fraction of sp³-hybridized carbons (Fsp3) is 0.773. The Morgan fingerprint density at radius 3 is 2.34 bits per heavy atom. The van der Waals surface area contributed by atoms with Crippen LogP contribution >= 0.6 is 0 Å². The van der Waals surface area contributed by atoms with Gasteiger partial charge in [0.2, 0.25) is 0 Å². The highest BCUT2D eigenvalue weighted by Crippen LogP contribution is 2.53. The van der Waals surface area contributed by atoms with Crippen LogP contribution in [0.4, 0.5) is 5.82 Å². The highest BCUT2D eigenvalue weighted by Gasteiger charge is 2.48. The summed E-state index contributed by atoms with van der Waals surface area (Å²) in [6.07, 6.45) is 6.60. The molecule has 5 aliphatic rings. The largest absolute Gasteiger partial charge is 0.379 e. The Morgan fingerprint density at radius 1 is 1.07 bits per heavy atom. The average molecular weight is 400 g/mol. The fourth-order valence-electron chi connectivity index (χ4n) is 6.30. The van der Waals surface area contributed by atoms with Crippen LogP contribution in [0, 0.1) is 23.7 Å². The maximum absolute atomic E-state index is 13.2. The molecule has 0 spiro atoms. The quantitative estimate of drug-likeness (QED) is 0.793. The zero-order valence-electron chi connectivity index (χ0n) is 17.6. The third-order valence-corrected chi connectivity index (χ3v) is 7.47. The molecule has 0 atom stereocenters. The topological polar surface area (TPSA) is 79.4 Å². The summed E-state index contributed by atoms with van der Waals surface area (Å²) in [5.74, 6) is 3.98. The molecule has 4 bridgehead atoms. The number of nitrogens with one attached hydrogen (secondary N) is 2. The summed E-state index contributed by atoms with van der Waals surface area (Å²) < 4.78 is 5.39. The van der Waals surface area contributed by atoms with Crippen molar-refractivity contribution in [3.63, 3.8) is 0 Å². The fourth-order valence-corrected chi connectivity index (χ4v) is 6.30. The minimum Gasteiger partial charge on any atom is -0.379 e. The first kappa shape index (κ1) is 19.2. The van der Waals surface area contributed by atoms with E-state index in [1.807, 2.05) is 6.07 Å². The normalized spacial score (nSPS) is 33.8. The maximum atomic E-state index is 13.2. The highest BCUT2D eigenvalue weighted by molar-refractivity contribution is 5.94. The number of aromatic nitrogens is 2. The molecule has 158 valence electrons. The Morgan fingerprint density at radius 2 is 1.72 bits per heavy atom. The summed E-state index contributed by atoms with van der Waals surface area (Å²) in [7, 11) is 0. The highest BCUT2D eigenvalue weighted by atomic mass is 16.5. The number of nitrogens with zero attached hydrogens (tertiary/aromatic N) is 3. The van der Waals surface area contributed by atoms with E-state index in [1.165, 1.54) is 32.1 Å². The molecule has 2 N–H and O–H groups in total. The number of hydrogen-bond donors (Lipinski definition) is 2. The van der Waals surface area contributed by atoms with Crippen LogP contribution < -0.4 is 10.7 Å². The van der Waals surface area contributed by atoms with E-state index in [9.17, 15) is 4.79 Å². The van der Waals surface area contributed by atoms with Crippen LogP contribution in [-0.2, 0) is 4.74 Å². The first-order chi connectivity index (χ1) is 14.1. The molecule has 7 nitrogen and oxygen atoms in total. The van der Waals surface area contributed by atoms with Crippen LogP contribution in [-0.4, -0.2) is 53.5 Å². The van der Waals surface area contributed by atoms with E-state index >= 15 is 0 Å². The predicted molar refractivity (Wildman–Crippen MR) is 110 cm³/mol. The summed E-state index contributed by atoms with van der Waals surface area (Å²) in [6, 6.07) is 2.31. The zero-order chi connectivity index (χ0) is 20.0. The molecule has 2 heterocycles. The van der Waals surface area contributed by atoms with Crippen LogP contribution in [0.3, 0.4) is 0 Å².